The fourth-order valence-corrected chi connectivity index (χ4v) is 0.726. The summed E-state index contributed by atoms with van der Waals surface area (Å²) in [5.41, 5.74) is 4.84. The number of nitrogens with two attached hydrogens (primary N) is 1. The Balaban J connectivity index is 2.48. The Morgan fingerprint density at radius 1 is 1.78 bits per heavy atom. The van der Waals surface area contributed by atoms with Crippen molar-refractivity contribution in [3.8, 4) is 0 Å². The van der Waals surface area contributed by atoms with Crippen LogP contribution in [0, 0.1) is 0 Å². The maximum absolute atomic E-state index is 10.3. The second kappa shape index (κ2) is 2.05. The molecule has 0 aromatic heterocycles. The van der Waals surface area contributed by atoms with E-state index in [1.165, 1.54) is 0 Å². The number of carbonyl (C=O) groups excluding carboxylic acids is 2. The van der Waals surface area contributed by atoms with Gasteiger partial charge in [0.15, 0.2) is 6.10 Å². The first-order valence-electron chi connectivity index (χ1n) is 2.69. The van der Waals surface area contributed by atoms with Crippen LogP contribution in [0.1, 0.15) is 12.8 Å². The summed E-state index contributed by atoms with van der Waals surface area (Å²) in [4.78, 5) is 20.6. The van der Waals surface area contributed by atoms with Crippen molar-refractivity contribution in [2.75, 3.05) is 0 Å². The Kier molecular flexibility index (Phi) is 1.38. The maximum atomic E-state index is 10.3. The highest BCUT2D eigenvalue weighted by molar-refractivity contribution is 5.85. The van der Waals surface area contributed by atoms with E-state index < -0.39 is 12.0 Å². The lowest BCUT2D eigenvalue weighted by Gasteiger charge is -2.00. The largest absolute Gasteiger partial charge is 0.452 e. The quantitative estimate of drug-likeness (QED) is 0.470. The zero-order valence-electron chi connectivity index (χ0n) is 4.79. The maximum Gasteiger partial charge on any atom is 0.306 e. The van der Waals surface area contributed by atoms with Crippen LogP contribution in [0.3, 0.4) is 0 Å². The summed E-state index contributed by atoms with van der Waals surface area (Å²) in [6, 6.07) is 0. The van der Waals surface area contributed by atoms with Crippen molar-refractivity contribution in [3.05, 3.63) is 0 Å². The highest BCUT2D eigenvalue weighted by Crippen LogP contribution is 2.12. The van der Waals surface area contributed by atoms with Gasteiger partial charge in [0.25, 0.3) is 5.91 Å². The highest BCUT2D eigenvalue weighted by atomic mass is 16.6. The van der Waals surface area contributed by atoms with Gasteiger partial charge in [-0.25, -0.2) is 0 Å². The summed E-state index contributed by atoms with van der Waals surface area (Å²) < 4.78 is 4.51. The molecular formula is C5H7NO3. The summed E-state index contributed by atoms with van der Waals surface area (Å²) in [5, 5.41) is 0. The first kappa shape index (κ1) is 6.07. The fourth-order valence-electron chi connectivity index (χ4n) is 0.726. The Bertz CT molecular complexity index is 154. The lowest BCUT2D eigenvalue weighted by atomic mass is 10.2. The molecule has 1 saturated heterocycles. The van der Waals surface area contributed by atoms with Crippen LogP contribution in [-0.4, -0.2) is 18.0 Å². The smallest absolute Gasteiger partial charge is 0.306 e. The van der Waals surface area contributed by atoms with E-state index in [1.54, 1.807) is 0 Å². The molecule has 0 aliphatic carbocycles. The van der Waals surface area contributed by atoms with Crippen molar-refractivity contribution in [2.24, 2.45) is 5.73 Å². The third-order valence-corrected chi connectivity index (χ3v) is 1.20. The number of hydrogen-bond donors (Lipinski definition) is 1. The third kappa shape index (κ3) is 1.19. The molecule has 1 amide bonds. The van der Waals surface area contributed by atoms with Gasteiger partial charge < -0.3 is 10.5 Å². The molecule has 50 valence electrons. The van der Waals surface area contributed by atoms with Crippen LogP contribution in [0.4, 0.5) is 0 Å². The van der Waals surface area contributed by atoms with Crippen LogP contribution in [-0.2, 0) is 14.3 Å². The van der Waals surface area contributed by atoms with Crippen molar-refractivity contribution in [1.29, 1.82) is 0 Å². The van der Waals surface area contributed by atoms with E-state index >= 15 is 0 Å². The minimum absolute atomic E-state index is 0.313. The van der Waals surface area contributed by atoms with Crippen LogP contribution in [0.15, 0.2) is 0 Å². The molecule has 4 heteroatoms. The number of carbonyl (C=O) groups is 2. The van der Waals surface area contributed by atoms with Crippen LogP contribution >= 0.6 is 0 Å². The molecule has 0 aromatic carbocycles. The average Bonchev–Trinajstić information content (AvgIpc) is 2.14. The van der Waals surface area contributed by atoms with E-state index in [9.17, 15) is 9.59 Å². The molecule has 1 aliphatic heterocycles. The summed E-state index contributed by atoms with van der Waals surface area (Å²) in [7, 11) is 0. The molecule has 1 unspecified atom stereocenters. The number of ether oxygens (including phenoxy) is 1. The van der Waals surface area contributed by atoms with Gasteiger partial charge >= 0.3 is 5.97 Å². The molecular weight excluding hydrogens is 122 g/mol. The van der Waals surface area contributed by atoms with Crippen LogP contribution in [0.5, 0.6) is 0 Å². The van der Waals surface area contributed by atoms with Crippen LogP contribution < -0.4 is 5.73 Å². The van der Waals surface area contributed by atoms with Gasteiger partial charge in [-0.15, -0.1) is 0 Å². The van der Waals surface area contributed by atoms with Gasteiger partial charge in [0.2, 0.25) is 0 Å². The van der Waals surface area contributed by atoms with Crippen LogP contribution in [0.2, 0.25) is 0 Å². The molecule has 1 atom stereocenters. The van der Waals surface area contributed by atoms with Gasteiger partial charge in [-0.05, 0) is 0 Å². The van der Waals surface area contributed by atoms with Crippen molar-refractivity contribution in [1.82, 2.24) is 0 Å². The normalized spacial score (nSPS) is 25.8. The Hall–Kier alpha value is -1.06. The number of esters is 1. The van der Waals surface area contributed by atoms with E-state index in [0.717, 1.165) is 0 Å². The standard InChI is InChI=1S/C5H7NO3/c6-5(8)3-1-2-4(7)9-3/h3H,1-2H2,(H2,6,8). The highest BCUT2D eigenvalue weighted by Gasteiger charge is 2.27. The number of cyclic esters (lactones) is 1. The summed E-state index contributed by atoms with van der Waals surface area (Å²) in [5.74, 6) is -0.889. The minimum atomic E-state index is -0.669. The minimum Gasteiger partial charge on any atom is -0.452 e. The molecule has 2 N–H and O–H groups in total. The monoisotopic (exact) mass is 129 g/mol. The number of rotatable bonds is 1. The predicted octanol–water partition coefficient (Wildman–Crippen LogP) is -0.823. The fraction of sp³-hybridized carbons (Fsp3) is 0.600. The topological polar surface area (TPSA) is 69.4 Å². The molecule has 0 bridgehead atoms. The average molecular weight is 129 g/mol. The van der Waals surface area contributed by atoms with E-state index in [-0.39, 0.29) is 5.97 Å². The van der Waals surface area contributed by atoms with Gasteiger partial charge in [-0.3, -0.25) is 9.59 Å². The molecule has 9 heavy (non-hydrogen) atoms. The number of amides is 1. The lowest BCUT2D eigenvalue weighted by molar-refractivity contribution is -0.146. The second-order valence-electron chi connectivity index (χ2n) is 1.92. The lowest BCUT2D eigenvalue weighted by Crippen LogP contribution is -2.27. The molecule has 0 aromatic rings. The van der Waals surface area contributed by atoms with Crippen molar-refractivity contribution in [3.63, 3.8) is 0 Å². The Morgan fingerprint density at radius 3 is 2.67 bits per heavy atom. The second-order valence-corrected chi connectivity index (χ2v) is 1.92. The molecule has 1 fully saturated rings. The zero-order chi connectivity index (χ0) is 6.85. The molecule has 0 radical (unpaired) electrons. The molecule has 1 rings (SSSR count). The first-order chi connectivity index (χ1) is 4.20. The number of hydrogen-bond acceptors (Lipinski definition) is 3. The van der Waals surface area contributed by atoms with E-state index in [0.29, 0.717) is 12.8 Å². The Morgan fingerprint density at radius 2 is 2.44 bits per heavy atom. The number of primary amides is 1. The van der Waals surface area contributed by atoms with Gasteiger partial charge in [-0.1, -0.05) is 0 Å². The summed E-state index contributed by atoms with van der Waals surface area (Å²) in [6.07, 6.45) is 0.0828. The zero-order valence-corrected chi connectivity index (χ0v) is 4.79. The molecule has 0 spiro atoms. The van der Waals surface area contributed by atoms with Gasteiger partial charge in [0.1, 0.15) is 0 Å². The van der Waals surface area contributed by atoms with E-state index in [1.807, 2.05) is 0 Å². The van der Waals surface area contributed by atoms with Crippen molar-refractivity contribution in [2.45, 2.75) is 18.9 Å². The molecule has 1 aliphatic rings. The summed E-state index contributed by atoms with van der Waals surface area (Å²) >= 11 is 0. The van der Waals surface area contributed by atoms with Gasteiger partial charge in [0.05, 0.1) is 0 Å². The predicted molar refractivity (Wildman–Crippen MR) is 28.3 cm³/mol. The van der Waals surface area contributed by atoms with Gasteiger partial charge in [-0.2, -0.15) is 0 Å². The van der Waals surface area contributed by atoms with Crippen molar-refractivity contribution >= 4 is 11.9 Å². The third-order valence-electron chi connectivity index (χ3n) is 1.20. The van der Waals surface area contributed by atoms with Crippen molar-refractivity contribution < 1.29 is 14.3 Å². The first-order valence-corrected chi connectivity index (χ1v) is 2.69. The van der Waals surface area contributed by atoms with Gasteiger partial charge in [0, 0.05) is 12.8 Å². The van der Waals surface area contributed by atoms with Crippen LogP contribution in [0.25, 0.3) is 0 Å². The SMILES string of the molecule is NC(=O)C1CCC(=O)O1. The molecule has 0 saturated carbocycles. The van der Waals surface area contributed by atoms with E-state index in [2.05, 4.69) is 4.74 Å². The molecule has 4 nitrogen and oxygen atoms in total. The molecule has 1 heterocycles. The Labute approximate surface area is 52.0 Å². The summed E-state index contributed by atoms with van der Waals surface area (Å²) in [6.45, 7) is 0. The van der Waals surface area contributed by atoms with E-state index in [4.69, 9.17) is 5.73 Å².